The van der Waals surface area contributed by atoms with Gasteiger partial charge in [0, 0.05) is 0 Å². The molecule has 0 spiro atoms. The summed E-state index contributed by atoms with van der Waals surface area (Å²) in [6.07, 6.45) is 0. The van der Waals surface area contributed by atoms with Crippen molar-refractivity contribution in [2.24, 2.45) is 0 Å². The average Bonchev–Trinajstić information content (AvgIpc) is 2.20. The SMILES string of the molecule is Nc1nc(Oc2ccccc2F)cc(=O)[nH]1. The third-order valence-electron chi connectivity index (χ3n) is 1.79. The van der Waals surface area contributed by atoms with E-state index < -0.39 is 11.4 Å². The number of nitrogens with two attached hydrogens (primary N) is 1. The van der Waals surface area contributed by atoms with E-state index in [2.05, 4.69) is 9.97 Å². The Morgan fingerprint density at radius 1 is 1.38 bits per heavy atom. The molecule has 0 amide bonds. The molecule has 0 saturated heterocycles. The number of rotatable bonds is 2. The molecular formula is C10H8FN3O2. The Morgan fingerprint density at radius 2 is 2.12 bits per heavy atom. The molecule has 0 aliphatic heterocycles. The molecule has 6 heteroatoms. The zero-order chi connectivity index (χ0) is 11.5. The van der Waals surface area contributed by atoms with Gasteiger partial charge in [0.25, 0.3) is 5.56 Å². The fraction of sp³-hybridized carbons (Fsp3) is 0. The predicted octanol–water partition coefficient (Wildman–Crippen LogP) is 1.28. The van der Waals surface area contributed by atoms with Gasteiger partial charge in [0.2, 0.25) is 11.8 Å². The van der Waals surface area contributed by atoms with Crippen molar-refractivity contribution in [1.29, 1.82) is 0 Å². The van der Waals surface area contributed by atoms with Gasteiger partial charge < -0.3 is 10.5 Å². The quantitative estimate of drug-likeness (QED) is 0.800. The Morgan fingerprint density at radius 3 is 2.81 bits per heavy atom. The highest BCUT2D eigenvalue weighted by atomic mass is 19.1. The van der Waals surface area contributed by atoms with E-state index in [0.29, 0.717) is 0 Å². The molecular weight excluding hydrogens is 213 g/mol. The number of anilines is 1. The third-order valence-corrected chi connectivity index (χ3v) is 1.79. The number of nitrogens with zero attached hydrogens (tertiary/aromatic N) is 1. The molecule has 0 aliphatic carbocycles. The van der Waals surface area contributed by atoms with Gasteiger partial charge in [-0.15, -0.1) is 0 Å². The molecule has 0 bridgehead atoms. The van der Waals surface area contributed by atoms with Crippen LogP contribution in [0.25, 0.3) is 0 Å². The molecule has 0 radical (unpaired) electrons. The van der Waals surface area contributed by atoms with E-state index >= 15 is 0 Å². The van der Waals surface area contributed by atoms with Gasteiger partial charge in [0.05, 0.1) is 6.07 Å². The van der Waals surface area contributed by atoms with Crippen molar-refractivity contribution < 1.29 is 9.13 Å². The van der Waals surface area contributed by atoms with Crippen molar-refractivity contribution in [3.05, 3.63) is 46.5 Å². The second-order valence-electron chi connectivity index (χ2n) is 3.00. The van der Waals surface area contributed by atoms with Crippen LogP contribution in [0.1, 0.15) is 0 Å². The number of nitrogens with one attached hydrogen (secondary N) is 1. The first kappa shape index (κ1) is 10.2. The summed E-state index contributed by atoms with van der Waals surface area (Å²) in [6.45, 7) is 0. The van der Waals surface area contributed by atoms with E-state index in [-0.39, 0.29) is 17.6 Å². The maximum Gasteiger partial charge on any atom is 0.256 e. The number of para-hydroxylation sites is 1. The second-order valence-corrected chi connectivity index (χ2v) is 3.00. The molecule has 82 valence electrons. The van der Waals surface area contributed by atoms with Crippen LogP contribution in [0.5, 0.6) is 11.6 Å². The highest BCUT2D eigenvalue weighted by Gasteiger charge is 2.05. The summed E-state index contributed by atoms with van der Waals surface area (Å²) in [5.41, 5.74) is 4.85. The smallest absolute Gasteiger partial charge is 0.256 e. The minimum atomic E-state index is -0.539. The summed E-state index contributed by atoms with van der Waals surface area (Å²) >= 11 is 0. The Bertz CT molecular complexity index is 568. The van der Waals surface area contributed by atoms with E-state index in [4.69, 9.17) is 10.5 Å². The minimum Gasteiger partial charge on any atom is -0.436 e. The van der Waals surface area contributed by atoms with Gasteiger partial charge in [-0.2, -0.15) is 4.98 Å². The Hall–Kier alpha value is -2.37. The van der Waals surface area contributed by atoms with Crippen LogP contribution in [0.15, 0.2) is 35.1 Å². The van der Waals surface area contributed by atoms with E-state index in [0.717, 1.165) is 6.07 Å². The number of aromatic amines is 1. The lowest BCUT2D eigenvalue weighted by Gasteiger charge is -2.04. The van der Waals surface area contributed by atoms with Crippen LogP contribution in [-0.2, 0) is 0 Å². The molecule has 0 aliphatic rings. The van der Waals surface area contributed by atoms with Crippen LogP contribution in [0.2, 0.25) is 0 Å². The molecule has 0 saturated carbocycles. The molecule has 2 aromatic rings. The number of benzene rings is 1. The third kappa shape index (κ3) is 2.17. The first-order valence-corrected chi connectivity index (χ1v) is 4.44. The number of nitrogen functional groups attached to an aromatic ring is 1. The van der Waals surface area contributed by atoms with Crippen LogP contribution in [0.4, 0.5) is 10.3 Å². The number of halogens is 1. The molecule has 3 N–H and O–H groups in total. The molecule has 16 heavy (non-hydrogen) atoms. The molecule has 0 atom stereocenters. The van der Waals surface area contributed by atoms with Gasteiger partial charge in [-0.05, 0) is 12.1 Å². The van der Waals surface area contributed by atoms with Crippen molar-refractivity contribution >= 4 is 5.95 Å². The van der Waals surface area contributed by atoms with Gasteiger partial charge >= 0.3 is 0 Å². The van der Waals surface area contributed by atoms with Crippen molar-refractivity contribution in [1.82, 2.24) is 9.97 Å². The zero-order valence-electron chi connectivity index (χ0n) is 8.11. The fourth-order valence-corrected chi connectivity index (χ4v) is 1.15. The van der Waals surface area contributed by atoms with Gasteiger partial charge in [-0.1, -0.05) is 12.1 Å². The lowest BCUT2D eigenvalue weighted by molar-refractivity contribution is 0.426. The Labute approximate surface area is 89.7 Å². The molecule has 1 aromatic carbocycles. The van der Waals surface area contributed by atoms with Gasteiger partial charge in [-0.3, -0.25) is 9.78 Å². The number of aromatic nitrogens is 2. The van der Waals surface area contributed by atoms with Gasteiger partial charge in [0.1, 0.15) is 0 Å². The van der Waals surface area contributed by atoms with E-state index in [1.54, 1.807) is 6.07 Å². The number of ether oxygens (including phenoxy) is 1. The van der Waals surface area contributed by atoms with Crippen molar-refractivity contribution in [3.8, 4) is 11.6 Å². The average molecular weight is 221 g/mol. The molecule has 1 aromatic heterocycles. The number of H-pyrrole nitrogens is 1. The molecule has 0 unspecified atom stereocenters. The summed E-state index contributed by atoms with van der Waals surface area (Å²) < 4.78 is 18.3. The van der Waals surface area contributed by atoms with E-state index in [1.807, 2.05) is 0 Å². The van der Waals surface area contributed by atoms with Crippen LogP contribution in [0, 0.1) is 5.82 Å². The summed E-state index contributed by atoms with van der Waals surface area (Å²) in [4.78, 5) is 17.0. The summed E-state index contributed by atoms with van der Waals surface area (Å²) in [6, 6.07) is 6.89. The van der Waals surface area contributed by atoms with Crippen LogP contribution >= 0.6 is 0 Å². The van der Waals surface area contributed by atoms with Crippen molar-refractivity contribution in [2.45, 2.75) is 0 Å². The van der Waals surface area contributed by atoms with Crippen molar-refractivity contribution in [2.75, 3.05) is 5.73 Å². The van der Waals surface area contributed by atoms with E-state index in [1.165, 1.54) is 18.2 Å². The van der Waals surface area contributed by atoms with E-state index in [9.17, 15) is 9.18 Å². The lowest BCUT2D eigenvalue weighted by atomic mass is 10.3. The first-order valence-electron chi connectivity index (χ1n) is 4.44. The fourth-order valence-electron chi connectivity index (χ4n) is 1.15. The summed E-state index contributed by atoms with van der Waals surface area (Å²) in [7, 11) is 0. The zero-order valence-corrected chi connectivity index (χ0v) is 8.11. The molecule has 2 rings (SSSR count). The topological polar surface area (TPSA) is 81.0 Å². The predicted molar refractivity (Wildman–Crippen MR) is 55.7 cm³/mol. The molecule has 5 nitrogen and oxygen atoms in total. The first-order chi connectivity index (χ1) is 7.65. The molecule has 1 heterocycles. The van der Waals surface area contributed by atoms with Crippen molar-refractivity contribution in [3.63, 3.8) is 0 Å². The summed E-state index contributed by atoms with van der Waals surface area (Å²) in [5.74, 6) is -0.687. The standard InChI is InChI=1S/C10H8FN3O2/c11-6-3-1-2-4-7(6)16-9-5-8(15)13-10(12)14-9/h1-5H,(H3,12,13,14,15). The number of hydrogen-bond acceptors (Lipinski definition) is 4. The highest BCUT2D eigenvalue weighted by molar-refractivity contribution is 5.29. The second kappa shape index (κ2) is 4.01. The Balaban J connectivity index is 2.34. The minimum absolute atomic E-state index is 0.0139. The largest absolute Gasteiger partial charge is 0.436 e. The lowest BCUT2D eigenvalue weighted by Crippen LogP contribution is -2.10. The normalized spacial score (nSPS) is 10.1. The highest BCUT2D eigenvalue weighted by Crippen LogP contribution is 2.21. The summed E-state index contributed by atoms with van der Waals surface area (Å²) in [5, 5.41) is 0. The van der Waals surface area contributed by atoms with Crippen LogP contribution < -0.4 is 16.0 Å². The monoisotopic (exact) mass is 221 g/mol. The van der Waals surface area contributed by atoms with Crippen LogP contribution in [-0.4, -0.2) is 9.97 Å². The van der Waals surface area contributed by atoms with Crippen LogP contribution in [0.3, 0.4) is 0 Å². The maximum absolute atomic E-state index is 13.2. The van der Waals surface area contributed by atoms with Gasteiger partial charge in [-0.25, -0.2) is 4.39 Å². The Kier molecular flexibility index (Phi) is 2.55. The maximum atomic E-state index is 13.2. The van der Waals surface area contributed by atoms with Gasteiger partial charge in [0.15, 0.2) is 11.6 Å². The molecule has 0 fully saturated rings. The number of hydrogen-bond donors (Lipinski definition) is 2.